The van der Waals surface area contributed by atoms with Gasteiger partial charge in [0.05, 0.1) is 10.8 Å². The fraction of sp³-hybridized carbons (Fsp3) is 0.0545. The molecule has 0 amide bonds. The van der Waals surface area contributed by atoms with E-state index in [9.17, 15) is 8.78 Å². The normalized spacial score (nSPS) is 14.3. The van der Waals surface area contributed by atoms with E-state index in [0.29, 0.717) is 104 Å². The molecule has 0 spiro atoms. The summed E-state index contributed by atoms with van der Waals surface area (Å²) in [5.41, 5.74) is 7.90. The third-order valence-electron chi connectivity index (χ3n) is 14.8. The predicted molar refractivity (Wildman–Crippen MR) is 272 cm³/mol. The van der Waals surface area contributed by atoms with E-state index < -0.39 is 55.0 Å². The fourth-order valence-electron chi connectivity index (χ4n) is 12.1. The topological polar surface area (TPSA) is 49.4 Å². The molecule has 6 nitrogen and oxygen atoms in total. The standard InChI is InChI=1S/C55H26B3F6NO5S2/c1-21-7-35-48-39(8-21)69-52-46-32(63)13-24(59)15-44(46)71-54(52)57(48)26-17-27-36(19-34(26)65(35)51-30(61)5-4-6-31(51)62)66-40-9-22(2)10-41-49(40)56(27)28-18-29-38(20-37(28)67-41)68-42-11-23(3)12-43-50(42)58(29)55-53(70-43)47-33(64)14-25(60)16-45(47)72-55/h4-20H,1-3H3. The number of benzene rings is 8. The summed E-state index contributed by atoms with van der Waals surface area (Å²) in [6.07, 6.45) is 0. The minimum Gasteiger partial charge on any atom is -0.458 e. The number of anilines is 3. The first-order valence-electron chi connectivity index (χ1n) is 23.1. The van der Waals surface area contributed by atoms with Gasteiger partial charge in [-0.2, -0.15) is 0 Å². The van der Waals surface area contributed by atoms with E-state index in [1.165, 1.54) is 53.0 Å². The Labute approximate surface area is 413 Å². The summed E-state index contributed by atoms with van der Waals surface area (Å²) < 4.78 is 130. The second-order valence-electron chi connectivity index (χ2n) is 19.2. The van der Waals surface area contributed by atoms with E-state index in [0.717, 1.165) is 45.1 Å². The van der Waals surface area contributed by atoms with E-state index in [1.54, 1.807) is 4.90 Å². The van der Waals surface area contributed by atoms with Gasteiger partial charge in [0.1, 0.15) is 98.1 Å². The smallest absolute Gasteiger partial charge is 0.273 e. The highest BCUT2D eigenvalue weighted by atomic mass is 32.1. The maximum Gasteiger partial charge on any atom is 0.273 e. The third-order valence-corrected chi connectivity index (χ3v) is 17.2. The molecule has 0 fully saturated rings. The molecular formula is C55H26B3F6NO5S2. The molecule has 8 aromatic carbocycles. The van der Waals surface area contributed by atoms with Crippen LogP contribution in [0.4, 0.5) is 43.4 Å². The molecule has 0 N–H and O–H groups in total. The maximum atomic E-state index is 16.4. The molecule has 6 aliphatic heterocycles. The lowest BCUT2D eigenvalue weighted by Crippen LogP contribution is -2.63. The van der Waals surface area contributed by atoms with Gasteiger partial charge in [0.25, 0.3) is 20.1 Å². The Kier molecular flexibility index (Phi) is 7.85. The molecule has 16 rings (SSSR count). The van der Waals surface area contributed by atoms with E-state index >= 15 is 17.6 Å². The molecule has 0 saturated heterocycles. The summed E-state index contributed by atoms with van der Waals surface area (Å²) in [6, 6.07) is 27.2. The van der Waals surface area contributed by atoms with Crippen LogP contribution in [0.25, 0.3) is 20.2 Å². The van der Waals surface area contributed by atoms with E-state index in [4.69, 9.17) is 23.7 Å². The lowest BCUT2D eigenvalue weighted by atomic mass is 9.31. The van der Waals surface area contributed by atoms with Gasteiger partial charge in [0.15, 0.2) is 0 Å². The number of hydrogen-bond acceptors (Lipinski definition) is 8. The van der Waals surface area contributed by atoms with E-state index in [-0.39, 0.29) is 22.2 Å². The minimum atomic E-state index is -0.802. The molecule has 0 atom stereocenters. The van der Waals surface area contributed by atoms with Crippen LogP contribution < -0.4 is 76.4 Å². The molecule has 6 aliphatic rings. The number of para-hydroxylation sites is 1. The average molecular weight is 991 g/mol. The van der Waals surface area contributed by atoms with Crippen molar-refractivity contribution in [2.45, 2.75) is 20.8 Å². The first kappa shape index (κ1) is 40.9. The zero-order valence-electron chi connectivity index (χ0n) is 37.6. The first-order chi connectivity index (χ1) is 34.8. The zero-order chi connectivity index (χ0) is 48.5. The number of hydrogen-bond donors (Lipinski definition) is 0. The van der Waals surface area contributed by atoms with E-state index in [1.807, 2.05) is 75.4 Å². The first-order valence-corrected chi connectivity index (χ1v) is 24.7. The summed E-state index contributed by atoms with van der Waals surface area (Å²) in [6.45, 7) is 3.93. The van der Waals surface area contributed by atoms with Crippen LogP contribution >= 0.6 is 22.7 Å². The molecule has 0 radical (unpaired) electrons. The van der Waals surface area contributed by atoms with Gasteiger partial charge in [-0.05, 0) is 125 Å². The minimum absolute atomic E-state index is 0.137. The molecule has 0 unspecified atom stereocenters. The summed E-state index contributed by atoms with van der Waals surface area (Å²) in [4.78, 5) is 1.57. The highest BCUT2D eigenvalue weighted by Gasteiger charge is 2.50. The summed E-state index contributed by atoms with van der Waals surface area (Å²) in [5, 5.41) is 0.334. The van der Waals surface area contributed by atoms with Crippen LogP contribution in [-0.4, -0.2) is 20.1 Å². The molecule has 2 aromatic heterocycles. The highest BCUT2D eigenvalue weighted by Crippen LogP contribution is 2.49. The van der Waals surface area contributed by atoms with Crippen LogP contribution in [0.5, 0.6) is 57.5 Å². The number of fused-ring (bicyclic) bond motifs is 16. The average Bonchev–Trinajstić information content (AvgIpc) is 3.88. The van der Waals surface area contributed by atoms with Crippen molar-refractivity contribution < 1.29 is 50.0 Å². The second-order valence-corrected chi connectivity index (χ2v) is 21.4. The second kappa shape index (κ2) is 13.8. The fourth-order valence-corrected chi connectivity index (χ4v) is 14.7. The van der Waals surface area contributed by atoms with E-state index in [2.05, 4.69) is 6.07 Å². The Morgan fingerprint density at radius 1 is 0.403 bits per heavy atom. The SMILES string of the molecule is Cc1cc2c3c(c1)Oc1cc4c(cc1B3c1cc3c(cc1O2)Oc1cc(C)cc2c1B3c1sc3cc(F)cc(F)c3c1O2)B1c2sc3cc(F)cc(F)c3c2Oc2cc(C)cc(c21)N4c1c(F)cccc1F. The van der Waals surface area contributed by atoms with Gasteiger partial charge >= 0.3 is 0 Å². The van der Waals surface area contributed by atoms with Crippen molar-refractivity contribution >= 4 is 128 Å². The van der Waals surface area contributed by atoms with Gasteiger partial charge < -0.3 is 28.6 Å². The van der Waals surface area contributed by atoms with Crippen molar-refractivity contribution in [1.29, 1.82) is 0 Å². The zero-order valence-corrected chi connectivity index (χ0v) is 39.3. The Morgan fingerprint density at radius 3 is 1.40 bits per heavy atom. The van der Waals surface area contributed by atoms with Crippen molar-refractivity contribution in [3.63, 3.8) is 0 Å². The van der Waals surface area contributed by atoms with Gasteiger partial charge in [-0.1, -0.05) is 18.2 Å². The van der Waals surface area contributed by atoms with Crippen LogP contribution in [-0.2, 0) is 0 Å². The maximum absolute atomic E-state index is 16.4. The molecular weight excluding hydrogens is 965 g/mol. The highest BCUT2D eigenvalue weighted by molar-refractivity contribution is 7.34. The number of aryl methyl sites for hydroxylation is 3. The third kappa shape index (κ3) is 5.28. The van der Waals surface area contributed by atoms with Gasteiger partial charge in [-0.25, -0.2) is 26.3 Å². The van der Waals surface area contributed by atoms with Crippen molar-refractivity contribution in [2.75, 3.05) is 4.90 Å². The lowest BCUT2D eigenvalue weighted by molar-refractivity contribution is 0.452. The number of ether oxygens (including phenoxy) is 5. The van der Waals surface area contributed by atoms with Crippen molar-refractivity contribution in [2.24, 2.45) is 0 Å². The monoisotopic (exact) mass is 991 g/mol. The number of nitrogens with zero attached hydrogens (tertiary/aromatic N) is 1. The molecule has 344 valence electrons. The van der Waals surface area contributed by atoms with Crippen LogP contribution in [0.2, 0.25) is 0 Å². The lowest BCUT2D eigenvalue weighted by Gasteiger charge is -2.41. The molecule has 17 heteroatoms. The van der Waals surface area contributed by atoms with Gasteiger partial charge in [-0.15, -0.1) is 22.7 Å². The van der Waals surface area contributed by atoms with Crippen molar-refractivity contribution in [1.82, 2.24) is 0 Å². The Morgan fingerprint density at radius 2 is 0.847 bits per heavy atom. The molecule has 0 saturated carbocycles. The molecule has 10 aromatic rings. The van der Waals surface area contributed by atoms with Crippen molar-refractivity contribution in [3.05, 3.63) is 155 Å². The number of halogens is 6. The van der Waals surface area contributed by atoms with Crippen LogP contribution in [0.3, 0.4) is 0 Å². The number of thiophene rings is 2. The molecule has 0 aliphatic carbocycles. The van der Waals surface area contributed by atoms with Crippen LogP contribution in [0, 0.1) is 55.7 Å². The summed E-state index contributed by atoms with van der Waals surface area (Å²) in [7, 11) is 0. The Balaban J connectivity index is 0.971. The predicted octanol–water partition coefficient (Wildman–Crippen LogP) is 9.74. The quantitative estimate of drug-likeness (QED) is 0.121. The van der Waals surface area contributed by atoms with Gasteiger partial charge in [0.2, 0.25) is 0 Å². The van der Waals surface area contributed by atoms with Gasteiger partial charge in [0, 0.05) is 65.5 Å². The number of rotatable bonds is 1. The molecule has 72 heavy (non-hydrogen) atoms. The Bertz CT molecular complexity index is 4260. The van der Waals surface area contributed by atoms with Gasteiger partial charge in [-0.3, -0.25) is 0 Å². The molecule has 0 bridgehead atoms. The van der Waals surface area contributed by atoms with Crippen LogP contribution in [0.1, 0.15) is 16.7 Å². The van der Waals surface area contributed by atoms with Crippen LogP contribution in [0.15, 0.2) is 103 Å². The molecule has 8 heterocycles. The summed E-state index contributed by atoms with van der Waals surface area (Å²) >= 11 is 2.47. The summed E-state index contributed by atoms with van der Waals surface area (Å²) in [5.74, 6) is -0.0145. The van der Waals surface area contributed by atoms with Crippen molar-refractivity contribution in [3.8, 4) is 57.5 Å². The largest absolute Gasteiger partial charge is 0.458 e. The Hall–Kier alpha value is -7.75.